The first-order valence-electron chi connectivity index (χ1n) is 9.61. The lowest BCUT2D eigenvalue weighted by atomic mass is 9.56. The molecule has 3 nitrogen and oxygen atoms in total. The molecule has 2 bridgehead atoms. The van der Waals surface area contributed by atoms with Crippen molar-refractivity contribution in [2.24, 2.45) is 11.8 Å². The molecule has 5 aliphatic rings. The van der Waals surface area contributed by atoms with Gasteiger partial charge in [0, 0.05) is 30.1 Å². The van der Waals surface area contributed by atoms with Crippen molar-refractivity contribution in [1.82, 2.24) is 4.90 Å². The van der Waals surface area contributed by atoms with Crippen LogP contribution in [0.5, 0.6) is 0 Å². The third kappa shape index (κ3) is 1.31. The van der Waals surface area contributed by atoms with Crippen LogP contribution < -0.4 is 4.90 Å². The Hall–Kier alpha value is -1.61. The Kier molecular flexibility index (Phi) is 2.46. The monoisotopic (exact) mass is 320 g/mol. The van der Waals surface area contributed by atoms with E-state index in [0.717, 1.165) is 5.92 Å². The summed E-state index contributed by atoms with van der Waals surface area (Å²) in [7, 11) is 0. The van der Waals surface area contributed by atoms with Crippen molar-refractivity contribution < 1.29 is 4.79 Å². The third-order valence-electron chi connectivity index (χ3n) is 7.82. The summed E-state index contributed by atoms with van der Waals surface area (Å²) >= 11 is 0. The van der Waals surface area contributed by atoms with E-state index < -0.39 is 0 Å². The fraction of sp³-hybridized carbons (Fsp3) is 0.571. The zero-order chi connectivity index (χ0) is 16.1. The first kappa shape index (κ1) is 13.7. The highest BCUT2D eigenvalue weighted by Gasteiger charge is 2.67. The molecule has 1 aromatic rings. The van der Waals surface area contributed by atoms with Gasteiger partial charge in [0.2, 0.25) is 5.91 Å². The van der Waals surface area contributed by atoms with E-state index in [-0.39, 0.29) is 5.41 Å². The number of amides is 1. The molecule has 4 aliphatic heterocycles. The number of carbonyl (C=O) groups is 1. The van der Waals surface area contributed by atoms with Crippen LogP contribution in [0.15, 0.2) is 35.9 Å². The summed E-state index contributed by atoms with van der Waals surface area (Å²) in [6.45, 7) is 4.81. The van der Waals surface area contributed by atoms with Gasteiger partial charge in [-0.3, -0.25) is 9.69 Å². The first-order chi connectivity index (χ1) is 11.8. The number of anilines is 1. The number of rotatable bonds is 1. The Morgan fingerprint density at radius 3 is 3.04 bits per heavy atom. The van der Waals surface area contributed by atoms with Gasteiger partial charge in [0.25, 0.3) is 0 Å². The minimum atomic E-state index is 0.160. The molecule has 2 saturated heterocycles. The van der Waals surface area contributed by atoms with Crippen molar-refractivity contribution in [3.8, 4) is 0 Å². The van der Waals surface area contributed by atoms with Gasteiger partial charge in [0.1, 0.15) is 0 Å². The maximum Gasteiger partial charge on any atom is 0.231 e. The normalized spacial score (nSPS) is 42.0. The maximum atomic E-state index is 12.9. The van der Waals surface area contributed by atoms with Gasteiger partial charge in [0.05, 0.1) is 6.04 Å². The van der Waals surface area contributed by atoms with E-state index >= 15 is 0 Å². The van der Waals surface area contributed by atoms with Crippen molar-refractivity contribution in [3.63, 3.8) is 0 Å². The largest absolute Gasteiger partial charge is 0.304 e. The lowest BCUT2D eigenvalue weighted by Crippen LogP contribution is -2.64. The summed E-state index contributed by atoms with van der Waals surface area (Å²) in [4.78, 5) is 17.8. The molecule has 1 saturated carbocycles. The van der Waals surface area contributed by atoms with Crippen molar-refractivity contribution in [2.45, 2.75) is 50.1 Å². The third-order valence-corrected chi connectivity index (χ3v) is 7.82. The summed E-state index contributed by atoms with van der Waals surface area (Å²) < 4.78 is 0. The first-order valence-corrected chi connectivity index (χ1v) is 9.61. The van der Waals surface area contributed by atoms with Crippen LogP contribution in [0.25, 0.3) is 0 Å². The average molecular weight is 320 g/mol. The number of piperidine rings is 1. The highest BCUT2D eigenvalue weighted by atomic mass is 16.2. The molecule has 1 spiro atoms. The number of para-hydroxylation sites is 1. The molecular formula is C21H24N2O. The molecule has 3 fully saturated rings. The molecule has 5 unspecified atom stereocenters. The lowest BCUT2D eigenvalue weighted by molar-refractivity contribution is -0.119. The second-order valence-corrected chi connectivity index (χ2v) is 8.40. The van der Waals surface area contributed by atoms with E-state index in [1.54, 1.807) is 5.57 Å². The zero-order valence-electron chi connectivity index (χ0n) is 14.2. The minimum Gasteiger partial charge on any atom is -0.304 e. The molecule has 0 radical (unpaired) electrons. The maximum absolute atomic E-state index is 12.9. The van der Waals surface area contributed by atoms with Crippen LogP contribution in [0, 0.1) is 11.8 Å². The van der Waals surface area contributed by atoms with Gasteiger partial charge in [-0.15, -0.1) is 0 Å². The summed E-state index contributed by atoms with van der Waals surface area (Å²) in [5.74, 6) is 1.76. The van der Waals surface area contributed by atoms with Gasteiger partial charge in [-0.25, -0.2) is 0 Å². The fourth-order valence-corrected chi connectivity index (χ4v) is 6.96. The smallest absolute Gasteiger partial charge is 0.231 e. The van der Waals surface area contributed by atoms with Gasteiger partial charge in [-0.05, 0) is 48.4 Å². The van der Waals surface area contributed by atoms with Crippen LogP contribution in [-0.2, 0) is 10.2 Å². The number of carbonyl (C=O) groups excluding carboxylic acids is 1. The quantitative estimate of drug-likeness (QED) is 0.742. The highest BCUT2D eigenvalue weighted by molar-refractivity contribution is 6.00. The van der Waals surface area contributed by atoms with Crippen LogP contribution in [0.3, 0.4) is 0 Å². The molecule has 4 heterocycles. The van der Waals surface area contributed by atoms with E-state index in [2.05, 4.69) is 47.1 Å². The van der Waals surface area contributed by atoms with E-state index in [1.807, 2.05) is 0 Å². The number of hydrogen-bond acceptors (Lipinski definition) is 2. The molecule has 1 amide bonds. The molecule has 0 N–H and O–H groups in total. The van der Waals surface area contributed by atoms with Crippen LogP contribution in [0.4, 0.5) is 5.69 Å². The minimum absolute atomic E-state index is 0.160. The standard InChI is InChI=1S/C21H24N2O/c1-2-13-12-22-10-9-21-16-5-3-4-6-17(16)23-19(24)8-7-14(20(21)23)15(13)11-18(21)22/h3-7,13,15,18,20H,2,8-12H2,1H3. The van der Waals surface area contributed by atoms with Crippen molar-refractivity contribution in [3.05, 3.63) is 41.5 Å². The SMILES string of the molecule is CCC1CN2CCC34c5ccccc5N5C(=O)CC=C(C1CC23)C54. The van der Waals surface area contributed by atoms with Crippen molar-refractivity contribution >= 4 is 11.6 Å². The Labute approximate surface area is 143 Å². The zero-order valence-corrected chi connectivity index (χ0v) is 14.2. The second kappa shape index (κ2) is 4.32. The molecular weight excluding hydrogens is 296 g/mol. The predicted octanol–water partition coefficient (Wildman–Crippen LogP) is 3.10. The van der Waals surface area contributed by atoms with Crippen LogP contribution >= 0.6 is 0 Å². The molecule has 6 rings (SSSR count). The van der Waals surface area contributed by atoms with Gasteiger partial charge in [-0.2, -0.15) is 0 Å². The number of fused-ring (bicyclic) bond motifs is 4. The van der Waals surface area contributed by atoms with Gasteiger partial charge < -0.3 is 4.90 Å². The predicted molar refractivity (Wildman–Crippen MR) is 94.0 cm³/mol. The topological polar surface area (TPSA) is 23.6 Å². The molecule has 1 aromatic carbocycles. The fourth-order valence-electron chi connectivity index (χ4n) is 6.96. The molecule has 24 heavy (non-hydrogen) atoms. The van der Waals surface area contributed by atoms with Crippen LogP contribution in [0.2, 0.25) is 0 Å². The Bertz CT molecular complexity index is 784. The Morgan fingerprint density at radius 1 is 1.29 bits per heavy atom. The van der Waals surface area contributed by atoms with Crippen molar-refractivity contribution in [2.75, 3.05) is 18.0 Å². The molecule has 3 heteroatoms. The molecule has 5 atom stereocenters. The summed E-state index contributed by atoms with van der Waals surface area (Å²) in [6.07, 6.45) is 6.69. The number of hydrogen-bond donors (Lipinski definition) is 0. The van der Waals surface area contributed by atoms with Gasteiger partial charge >= 0.3 is 0 Å². The Balaban J connectivity index is 1.64. The number of nitrogens with zero attached hydrogens (tertiary/aromatic N) is 2. The summed E-state index contributed by atoms with van der Waals surface area (Å²) in [5.41, 5.74) is 4.43. The summed E-state index contributed by atoms with van der Waals surface area (Å²) in [6, 6.07) is 9.71. The number of benzene rings is 1. The molecule has 124 valence electrons. The van der Waals surface area contributed by atoms with E-state index in [4.69, 9.17) is 0 Å². The van der Waals surface area contributed by atoms with Gasteiger partial charge in [-0.1, -0.05) is 37.6 Å². The Morgan fingerprint density at radius 2 is 2.17 bits per heavy atom. The van der Waals surface area contributed by atoms with Gasteiger partial charge in [0.15, 0.2) is 0 Å². The van der Waals surface area contributed by atoms with Crippen molar-refractivity contribution in [1.29, 1.82) is 0 Å². The van der Waals surface area contributed by atoms with Crippen LogP contribution in [-0.4, -0.2) is 36.0 Å². The highest BCUT2D eigenvalue weighted by Crippen LogP contribution is 2.64. The second-order valence-electron chi connectivity index (χ2n) is 8.40. The van der Waals surface area contributed by atoms with E-state index in [0.29, 0.717) is 30.3 Å². The summed E-state index contributed by atoms with van der Waals surface area (Å²) in [5, 5.41) is 0. The molecule has 0 aromatic heterocycles. The molecule has 1 aliphatic carbocycles. The van der Waals surface area contributed by atoms with Crippen LogP contribution in [0.1, 0.15) is 38.2 Å². The van der Waals surface area contributed by atoms with E-state index in [9.17, 15) is 4.79 Å². The lowest BCUT2D eigenvalue weighted by Gasteiger charge is -2.56. The average Bonchev–Trinajstić information content (AvgIpc) is 3.15. The van der Waals surface area contributed by atoms with E-state index in [1.165, 1.54) is 43.6 Å².